The maximum absolute atomic E-state index is 10.4. The number of carbonyl (C=O) groups excluding carboxylic acids is 5. The van der Waals surface area contributed by atoms with Crippen LogP contribution in [0.5, 0.6) is 0 Å². The molecule has 0 amide bonds. The first-order valence-electron chi connectivity index (χ1n) is 10.6. The maximum atomic E-state index is 10.4. The molecule has 0 saturated heterocycles. The Balaban J connectivity index is -0.000000196. The molecule has 0 aromatic rings. The topological polar surface area (TPSA) is 146 Å². The first kappa shape index (κ1) is 42.0. The van der Waals surface area contributed by atoms with Gasteiger partial charge in [0.15, 0.2) is 0 Å². The summed E-state index contributed by atoms with van der Waals surface area (Å²) in [5.74, 6) is 2.67. The number of carbonyl (C=O) groups is 5. The minimum absolute atomic E-state index is 0.0802. The van der Waals surface area contributed by atoms with Crippen molar-refractivity contribution in [1.29, 1.82) is 0 Å². The van der Waals surface area contributed by atoms with Crippen LogP contribution in [0.3, 0.4) is 0 Å². The Labute approximate surface area is 237 Å². The second kappa shape index (κ2) is 36.1. The Morgan fingerprint density at radius 3 is 0.743 bits per heavy atom. The van der Waals surface area contributed by atoms with Crippen LogP contribution in [-0.2, 0) is 24.0 Å². The van der Waals surface area contributed by atoms with Crippen molar-refractivity contribution in [3.8, 4) is 0 Å². The zero-order valence-electron chi connectivity index (χ0n) is 20.5. The lowest BCUT2D eigenvalue weighted by atomic mass is 10.3. The minimum atomic E-state index is -0.217. The third-order valence-corrected chi connectivity index (χ3v) is 5.82. The van der Waals surface area contributed by atoms with E-state index in [1.54, 1.807) is 21.1 Å². The zero-order valence-corrected chi connectivity index (χ0v) is 25.0. The van der Waals surface area contributed by atoms with Gasteiger partial charge in [-0.3, -0.25) is 0 Å². The van der Waals surface area contributed by atoms with Crippen molar-refractivity contribution in [3.05, 3.63) is 0 Å². The van der Waals surface area contributed by atoms with Gasteiger partial charge in [0, 0.05) is 41.9 Å². The lowest BCUT2D eigenvalue weighted by molar-refractivity contribution is -0.110. The summed E-state index contributed by atoms with van der Waals surface area (Å²) in [4.78, 5) is 50.3. The standard InChI is InChI=1S/C8H16N2O2S2.3C4H9NOS/c11-3-7(5-13)9-1-2-10-8(4-12)6-14;3*1-5-4(2-6)3-7/h3-4,7-10,13-14H,1-2,5-6H2;3*2,4-5,7H,3H2,1H3/t7-,8-;3*4-/m1111/s1. The molecule has 0 aliphatic rings. The van der Waals surface area contributed by atoms with E-state index in [1.165, 1.54) is 0 Å². The molecular formula is C20H43N5O5S5. The Kier molecular flexibility index (Phi) is 43.3. The highest BCUT2D eigenvalue weighted by atomic mass is 32.1. The molecule has 5 N–H and O–H groups in total. The van der Waals surface area contributed by atoms with E-state index in [1.807, 2.05) is 0 Å². The number of likely N-dealkylation sites (N-methyl/N-ethyl adjacent to an activating group) is 3. The van der Waals surface area contributed by atoms with Gasteiger partial charge >= 0.3 is 0 Å². The van der Waals surface area contributed by atoms with Gasteiger partial charge in [-0.25, -0.2) is 0 Å². The van der Waals surface area contributed by atoms with Crippen molar-refractivity contribution in [2.75, 3.05) is 63.0 Å². The van der Waals surface area contributed by atoms with Crippen LogP contribution in [-0.4, -0.2) is 125 Å². The van der Waals surface area contributed by atoms with E-state index in [4.69, 9.17) is 0 Å². The molecule has 0 aliphatic heterocycles. The van der Waals surface area contributed by atoms with Crippen LogP contribution in [0.4, 0.5) is 0 Å². The SMILES string of the molecule is CN[C@H](C=O)CS.CN[C@H](C=O)CS.CN[C@H](C=O)CS.O=C[C@H](CS)NCCN[C@H](C=O)CS. The van der Waals surface area contributed by atoms with E-state index in [2.05, 4.69) is 89.7 Å². The number of hydrogen-bond acceptors (Lipinski definition) is 15. The third kappa shape index (κ3) is 31.9. The molecule has 10 nitrogen and oxygen atoms in total. The van der Waals surface area contributed by atoms with E-state index in [9.17, 15) is 24.0 Å². The molecule has 0 saturated carbocycles. The van der Waals surface area contributed by atoms with Crippen molar-refractivity contribution in [2.45, 2.75) is 30.2 Å². The Morgan fingerprint density at radius 2 is 0.657 bits per heavy atom. The zero-order chi connectivity index (χ0) is 27.9. The third-order valence-electron chi connectivity index (χ3n) is 3.86. The van der Waals surface area contributed by atoms with Crippen LogP contribution < -0.4 is 26.6 Å². The molecule has 0 fully saturated rings. The molecule has 5 atom stereocenters. The first-order chi connectivity index (χ1) is 16.8. The van der Waals surface area contributed by atoms with E-state index in [-0.39, 0.29) is 30.2 Å². The molecule has 0 aromatic carbocycles. The van der Waals surface area contributed by atoms with Gasteiger partial charge in [-0.1, -0.05) is 0 Å². The molecule has 0 rings (SSSR count). The summed E-state index contributed by atoms with van der Waals surface area (Å²) in [7, 11) is 5.19. The molecule has 0 bridgehead atoms. The van der Waals surface area contributed by atoms with Gasteiger partial charge in [0.05, 0.1) is 30.2 Å². The van der Waals surface area contributed by atoms with Crippen LogP contribution in [0, 0.1) is 0 Å². The summed E-state index contributed by atoms with van der Waals surface area (Å²) in [6.45, 7) is 1.25. The van der Waals surface area contributed by atoms with Gasteiger partial charge in [0.2, 0.25) is 0 Å². The van der Waals surface area contributed by atoms with E-state index in [0.717, 1.165) is 31.4 Å². The van der Waals surface area contributed by atoms with Crippen LogP contribution in [0.2, 0.25) is 0 Å². The Hall–Kier alpha value is -0.100. The fourth-order valence-corrected chi connectivity index (χ4v) is 2.67. The molecular weight excluding hydrogens is 551 g/mol. The van der Waals surface area contributed by atoms with Gasteiger partial charge in [-0.05, 0) is 21.1 Å². The second-order valence-corrected chi connectivity index (χ2v) is 8.23. The van der Waals surface area contributed by atoms with Gasteiger partial charge in [0.1, 0.15) is 31.4 Å². The molecule has 0 aromatic heterocycles. The van der Waals surface area contributed by atoms with Gasteiger partial charge in [0.25, 0.3) is 0 Å². The summed E-state index contributed by atoms with van der Waals surface area (Å²) in [5, 5.41) is 14.2. The Morgan fingerprint density at radius 1 is 0.457 bits per heavy atom. The predicted molar refractivity (Wildman–Crippen MR) is 162 cm³/mol. The van der Waals surface area contributed by atoms with Crippen LogP contribution in [0.1, 0.15) is 0 Å². The average Bonchev–Trinajstić information content (AvgIpc) is 2.91. The summed E-state index contributed by atoms with van der Waals surface area (Å²) >= 11 is 19.6. The largest absolute Gasteiger partial charge is 0.310 e. The minimum Gasteiger partial charge on any atom is -0.310 e. The number of nitrogens with one attached hydrogen (secondary N) is 5. The highest BCUT2D eigenvalue weighted by Crippen LogP contribution is 1.84. The molecule has 0 unspecified atom stereocenters. The van der Waals surface area contributed by atoms with Gasteiger partial charge in [-0.15, -0.1) is 0 Å². The normalized spacial score (nSPS) is 13.9. The highest BCUT2D eigenvalue weighted by Gasteiger charge is 2.05. The monoisotopic (exact) mass is 593 g/mol. The average molecular weight is 594 g/mol. The summed E-state index contributed by atoms with van der Waals surface area (Å²) in [6.07, 6.45) is 4.17. The molecule has 15 heteroatoms. The van der Waals surface area contributed by atoms with Crippen molar-refractivity contribution >= 4 is 94.6 Å². The maximum Gasteiger partial charge on any atom is 0.137 e. The first-order valence-corrected chi connectivity index (χ1v) is 13.8. The smallest absolute Gasteiger partial charge is 0.137 e. The summed E-state index contributed by atoms with van der Waals surface area (Å²) in [5.41, 5.74) is 0. The van der Waals surface area contributed by atoms with Crippen molar-refractivity contribution < 1.29 is 24.0 Å². The Bertz CT molecular complexity index is 433. The lowest BCUT2D eigenvalue weighted by Gasteiger charge is -2.12. The van der Waals surface area contributed by atoms with Gasteiger partial charge < -0.3 is 50.6 Å². The fraction of sp³-hybridized carbons (Fsp3) is 0.750. The fourth-order valence-electron chi connectivity index (χ4n) is 1.43. The number of hydrogen-bond donors (Lipinski definition) is 10. The molecule has 35 heavy (non-hydrogen) atoms. The van der Waals surface area contributed by atoms with E-state index < -0.39 is 0 Å². The molecule has 0 spiro atoms. The van der Waals surface area contributed by atoms with Crippen LogP contribution in [0.15, 0.2) is 0 Å². The van der Waals surface area contributed by atoms with Gasteiger partial charge in [-0.2, -0.15) is 63.1 Å². The van der Waals surface area contributed by atoms with Crippen LogP contribution in [0.25, 0.3) is 0 Å². The second-order valence-electron chi connectivity index (χ2n) is 6.40. The lowest BCUT2D eigenvalue weighted by Crippen LogP contribution is -2.41. The molecule has 0 aliphatic carbocycles. The number of thiol groups is 5. The number of aldehydes is 5. The van der Waals surface area contributed by atoms with E-state index >= 15 is 0 Å². The molecule has 0 radical (unpaired) electrons. The quantitative estimate of drug-likeness (QED) is 0.0506. The molecule has 208 valence electrons. The van der Waals surface area contributed by atoms with Crippen LogP contribution >= 0.6 is 63.1 Å². The van der Waals surface area contributed by atoms with Crippen molar-refractivity contribution in [3.63, 3.8) is 0 Å². The number of rotatable bonds is 18. The summed E-state index contributed by atoms with van der Waals surface area (Å²) < 4.78 is 0. The van der Waals surface area contributed by atoms with E-state index in [0.29, 0.717) is 41.9 Å². The van der Waals surface area contributed by atoms with Crippen molar-refractivity contribution in [2.24, 2.45) is 0 Å². The predicted octanol–water partition coefficient (Wildman–Crippen LogP) is -1.73. The molecule has 0 heterocycles. The highest BCUT2D eigenvalue weighted by molar-refractivity contribution is 7.80. The van der Waals surface area contributed by atoms with Crippen molar-refractivity contribution in [1.82, 2.24) is 26.6 Å². The summed E-state index contributed by atoms with van der Waals surface area (Å²) in [6, 6.07) is -0.674.